The molecule has 3 heterocycles. The summed E-state index contributed by atoms with van der Waals surface area (Å²) < 4.78 is 5.20. The molecule has 1 aromatic rings. The lowest BCUT2D eigenvalue weighted by atomic mass is 9.84. The van der Waals surface area contributed by atoms with Crippen molar-refractivity contribution in [3.05, 3.63) is 24.2 Å². The van der Waals surface area contributed by atoms with Crippen LogP contribution in [0, 0.1) is 5.92 Å². The van der Waals surface area contributed by atoms with Gasteiger partial charge in [-0.25, -0.2) is 0 Å². The zero-order valence-electron chi connectivity index (χ0n) is 11.2. The van der Waals surface area contributed by atoms with E-state index in [-0.39, 0.29) is 18.1 Å². The number of hydrogen-bond acceptors (Lipinski definition) is 4. The van der Waals surface area contributed by atoms with Gasteiger partial charge in [-0.15, -0.1) is 0 Å². The van der Waals surface area contributed by atoms with Gasteiger partial charge in [0.1, 0.15) is 5.76 Å². The van der Waals surface area contributed by atoms with Crippen LogP contribution in [0.15, 0.2) is 22.8 Å². The van der Waals surface area contributed by atoms with Crippen LogP contribution in [0.5, 0.6) is 0 Å². The van der Waals surface area contributed by atoms with E-state index in [0.717, 1.165) is 31.8 Å². The van der Waals surface area contributed by atoms with E-state index < -0.39 is 0 Å². The van der Waals surface area contributed by atoms with Crippen molar-refractivity contribution in [1.29, 1.82) is 0 Å². The smallest absolute Gasteiger partial charge is 0.230 e. The summed E-state index contributed by atoms with van der Waals surface area (Å²) in [5, 5.41) is 9.26. The number of aliphatic hydroxyl groups is 1. The third kappa shape index (κ3) is 2.17. The summed E-state index contributed by atoms with van der Waals surface area (Å²) in [4.78, 5) is 16.3. The van der Waals surface area contributed by atoms with Crippen LogP contribution in [-0.4, -0.2) is 59.6 Å². The molecular formula is C14H20N2O3. The fourth-order valence-corrected chi connectivity index (χ4v) is 3.35. The third-order valence-electron chi connectivity index (χ3n) is 4.50. The number of carbonyl (C=O) groups is 1. The van der Waals surface area contributed by atoms with E-state index in [1.807, 2.05) is 11.0 Å². The fraction of sp³-hybridized carbons (Fsp3) is 0.643. The predicted molar refractivity (Wildman–Crippen MR) is 69.5 cm³/mol. The van der Waals surface area contributed by atoms with Crippen LogP contribution in [0.25, 0.3) is 0 Å². The van der Waals surface area contributed by atoms with Crippen molar-refractivity contribution in [1.82, 2.24) is 9.80 Å². The molecule has 5 nitrogen and oxygen atoms in total. The van der Waals surface area contributed by atoms with Gasteiger partial charge < -0.3 is 14.4 Å². The lowest BCUT2D eigenvalue weighted by molar-refractivity contribution is -0.143. The molecule has 1 N–H and O–H groups in total. The van der Waals surface area contributed by atoms with Crippen LogP contribution >= 0.6 is 0 Å². The number of furan rings is 1. The molecule has 1 amide bonds. The highest BCUT2D eigenvalue weighted by Gasteiger charge is 2.52. The molecule has 0 aromatic carbocycles. The Bertz CT molecular complexity index is 451. The number of carbonyl (C=O) groups excluding carboxylic acids is 1. The first-order chi connectivity index (χ1) is 9.13. The minimum Gasteiger partial charge on any atom is -0.469 e. The number of likely N-dealkylation sites (N-methyl/N-ethyl adjacent to an activating group) is 1. The summed E-state index contributed by atoms with van der Waals surface area (Å²) in [6.07, 6.45) is 2.93. The van der Waals surface area contributed by atoms with E-state index in [0.29, 0.717) is 12.3 Å². The van der Waals surface area contributed by atoms with Gasteiger partial charge in [0, 0.05) is 26.2 Å². The average Bonchev–Trinajstić information content (AvgIpc) is 2.94. The van der Waals surface area contributed by atoms with Gasteiger partial charge in [-0.2, -0.15) is 0 Å². The molecule has 0 radical (unpaired) electrons. The quantitative estimate of drug-likeness (QED) is 0.856. The zero-order valence-corrected chi connectivity index (χ0v) is 11.2. The van der Waals surface area contributed by atoms with E-state index in [1.54, 1.807) is 12.3 Å². The lowest BCUT2D eigenvalue weighted by Gasteiger charge is -2.52. The maximum absolute atomic E-state index is 12.1. The highest BCUT2D eigenvalue weighted by atomic mass is 16.3. The van der Waals surface area contributed by atoms with Gasteiger partial charge in [0.25, 0.3) is 0 Å². The van der Waals surface area contributed by atoms with Crippen LogP contribution in [-0.2, 0) is 11.2 Å². The Kier molecular flexibility index (Phi) is 3.11. The Morgan fingerprint density at radius 1 is 1.58 bits per heavy atom. The zero-order chi connectivity index (χ0) is 13.5. The largest absolute Gasteiger partial charge is 0.469 e. The summed E-state index contributed by atoms with van der Waals surface area (Å²) >= 11 is 0. The number of nitrogens with zero attached hydrogens (tertiary/aromatic N) is 2. The molecule has 0 aliphatic carbocycles. The van der Waals surface area contributed by atoms with E-state index in [2.05, 4.69) is 11.9 Å². The van der Waals surface area contributed by atoms with Gasteiger partial charge in [0.05, 0.1) is 18.2 Å². The Hall–Kier alpha value is -1.33. The van der Waals surface area contributed by atoms with Crippen molar-refractivity contribution < 1.29 is 14.3 Å². The molecule has 0 bridgehead atoms. The van der Waals surface area contributed by atoms with E-state index in [9.17, 15) is 9.90 Å². The van der Waals surface area contributed by atoms with Gasteiger partial charge in [-0.3, -0.25) is 9.69 Å². The molecule has 19 heavy (non-hydrogen) atoms. The highest BCUT2D eigenvalue weighted by Crippen LogP contribution is 2.39. The summed E-state index contributed by atoms with van der Waals surface area (Å²) in [6.45, 7) is 2.72. The van der Waals surface area contributed by atoms with E-state index >= 15 is 0 Å². The molecule has 3 rings (SSSR count). The van der Waals surface area contributed by atoms with Crippen molar-refractivity contribution in [2.24, 2.45) is 5.92 Å². The maximum atomic E-state index is 12.1. The molecule has 1 aromatic heterocycles. The number of hydrogen-bond donors (Lipinski definition) is 1. The number of aliphatic hydroxyl groups excluding tert-OH is 1. The average molecular weight is 264 g/mol. The Balaban J connectivity index is 1.56. The summed E-state index contributed by atoms with van der Waals surface area (Å²) in [6, 6.07) is 3.63. The first-order valence-electron chi connectivity index (χ1n) is 6.75. The number of likely N-dealkylation sites (tertiary alicyclic amines) is 2. The third-order valence-corrected chi connectivity index (χ3v) is 4.50. The van der Waals surface area contributed by atoms with Gasteiger partial charge in [0.15, 0.2) is 0 Å². The first kappa shape index (κ1) is 12.7. The Morgan fingerprint density at radius 2 is 2.37 bits per heavy atom. The molecule has 1 unspecified atom stereocenters. The topological polar surface area (TPSA) is 56.9 Å². The van der Waals surface area contributed by atoms with Crippen molar-refractivity contribution in [3.63, 3.8) is 0 Å². The fourth-order valence-electron chi connectivity index (χ4n) is 3.35. The SMILES string of the molecule is CN1CC(CO)CC12CN(C(=O)Cc1ccco1)C2. The number of amides is 1. The summed E-state index contributed by atoms with van der Waals surface area (Å²) in [7, 11) is 2.09. The first-order valence-corrected chi connectivity index (χ1v) is 6.75. The molecule has 2 aliphatic rings. The minimum atomic E-state index is 0.103. The van der Waals surface area contributed by atoms with E-state index in [4.69, 9.17) is 4.42 Å². The molecule has 0 saturated carbocycles. The molecule has 104 valence electrons. The Labute approximate surface area is 112 Å². The standard InChI is InChI=1S/C14H20N2O3/c1-15-7-11(8-17)6-14(15)9-16(10-14)13(18)5-12-3-2-4-19-12/h2-4,11,17H,5-10H2,1H3. The lowest BCUT2D eigenvalue weighted by Crippen LogP contribution is -2.68. The predicted octanol–water partition coefficient (Wildman–Crippen LogP) is 0.347. The second-order valence-corrected chi connectivity index (χ2v) is 5.86. The van der Waals surface area contributed by atoms with Crippen LogP contribution in [0.2, 0.25) is 0 Å². The Morgan fingerprint density at radius 3 is 2.95 bits per heavy atom. The van der Waals surface area contributed by atoms with Crippen molar-refractivity contribution in [3.8, 4) is 0 Å². The second kappa shape index (κ2) is 4.65. The summed E-state index contributed by atoms with van der Waals surface area (Å²) in [5.41, 5.74) is 0.103. The van der Waals surface area contributed by atoms with Gasteiger partial charge in [-0.1, -0.05) is 0 Å². The molecule has 5 heteroatoms. The summed E-state index contributed by atoms with van der Waals surface area (Å²) in [5.74, 6) is 1.20. The monoisotopic (exact) mass is 264 g/mol. The molecular weight excluding hydrogens is 244 g/mol. The maximum Gasteiger partial charge on any atom is 0.230 e. The molecule has 2 aliphatic heterocycles. The van der Waals surface area contributed by atoms with E-state index in [1.165, 1.54) is 0 Å². The molecule has 1 atom stereocenters. The molecule has 1 spiro atoms. The normalized spacial score (nSPS) is 25.8. The van der Waals surface area contributed by atoms with Gasteiger partial charge in [-0.05, 0) is 31.5 Å². The number of rotatable bonds is 3. The highest BCUT2D eigenvalue weighted by molar-refractivity contribution is 5.79. The van der Waals surface area contributed by atoms with Crippen molar-refractivity contribution >= 4 is 5.91 Å². The van der Waals surface area contributed by atoms with Crippen LogP contribution < -0.4 is 0 Å². The minimum absolute atomic E-state index is 0.103. The molecule has 2 saturated heterocycles. The van der Waals surface area contributed by atoms with Crippen molar-refractivity contribution in [2.45, 2.75) is 18.4 Å². The molecule has 2 fully saturated rings. The van der Waals surface area contributed by atoms with Crippen molar-refractivity contribution in [2.75, 3.05) is 33.3 Å². The van der Waals surface area contributed by atoms with Gasteiger partial charge >= 0.3 is 0 Å². The second-order valence-electron chi connectivity index (χ2n) is 5.86. The van der Waals surface area contributed by atoms with Crippen LogP contribution in [0.3, 0.4) is 0 Å². The van der Waals surface area contributed by atoms with Gasteiger partial charge in [0.2, 0.25) is 5.91 Å². The van der Waals surface area contributed by atoms with Crippen LogP contribution in [0.1, 0.15) is 12.2 Å². The van der Waals surface area contributed by atoms with Crippen LogP contribution in [0.4, 0.5) is 0 Å².